The van der Waals surface area contributed by atoms with Crippen molar-refractivity contribution >= 4 is 22.1 Å². The number of esters is 2. The van der Waals surface area contributed by atoms with Crippen LogP contribution in [-0.2, 0) is 33.9 Å². The van der Waals surface area contributed by atoms with Gasteiger partial charge in [0, 0.05) is 6.61 Å². The van der Waals surface area contributed by atoms with Gasteiger partial charge >= 0.3 is 65.7 Å². The first-order valence-corrected chi connectivity index (χ1v) is 12.1. The van der Waals surface area contributed by atoms with Crippen molar-refractivity contribution in [3.05, 3.63) is 0 Å². The number of carbonyl (C=O) groups excluding carboxylic acids is 2. The molecule has 0 aliphatic carbocycles. The molecule has 0 aliphatic heterocycles. The molecule has 0 N–H and O–H groups in total. The Morgan fingerprint density at radius 1 is 0.865 bits per heavy atom. The van der Waals surface area contributed by atoms with Crippen LogP contribution in [0, 0.1) is 0 Å². The smallest absolute Gasteiger partial charge is 0.747 e. The van der Waals surface area contributed by atoms with Gasteiger partial charge in [-0.3, -0.25) is 9.59 Å². The summed E-state index contributed by atoms with van der Waals surface area (Å²) in [5.41, 5.74) is 0. The van der Waals surface area contributed by atoms with E-state index in [0.717, 1.165) is 32.1 Å². The van der Waals surface area contributed by atoms with Crippen LogP contribution in [0.1, 0.15) is 51.9 Å². The average Bonchev–Trinajstić information content (AvgIpc) is 2.76. The molecule has 0 aromatic carbocycles. The van der Waals surface area contributed by atoms with Gasteiger partial charge in [0.2, 0.25) is 0 Å². The minimum atomic E-state index is -6.73. The number of hydrogen-bond acceptors (Lipinski definition) is 8. The Kier molecular flexibility index (Phi) is 17.7. The summed E-state index contributed by atoms with van der Waals surface area (Å²) in [5.74, 6) is -23.4. The molecule has 0 amide bonds. The third kappa shape index (κ3) is 12.8. The first-order chi connectivity index (χ1) is 16.4. The molecule has 0 aliphatic rings. The first-order valence-electron chi connectivity index (χ1n) is 10.7. The van der Waals surface area contributed by atoms with E-state index in [1.54, 1.807) is 0 Å². The summed E-state index contributed by atoms with van der Waals surface area (Å²) in [7, 11) is -5.81. The number of ether oxygens (including phenoxy) is 3. The number of rotatable bonds is 19. The summed E-state index contributed by atoms with van der Waals surface area (Å²) < 4.78 is 150. The minimum Gasteiger partial charge on any atom is -0.747 e. The van der Waals surface area contributed by atoms with Crippen LogP contribution < -0.4 is 29.6 Å². The molecule has 37 heavy (non-hydrogen) atoms. The normalized spacial score (nSPS) is 13.7. The molecule has 0 bridgehead atoms. The van der Waals surface area contributed by atoms with Crippen LogP contribution in [0.25, 0.3) is 0 Å². The van der Waals surface area contributed by atoms with Crippen molar-refractivity contribution in [1.29, 1.82) is 0 Å². The second-order valence-corrected chi connectivity index (χ2v) is 9.15. The molecule has 8 nitrogen and oxygen atoms in total. The van der Waals surface area contributed by atoms with Crippen LogP contribution in [0.15, 0.2) is 0 Å². The number of halogens is 8. The predicted molar refractivity (Wildman–Crippen MR) is 105 cm³/mol. The quantitative estimate of drug-likeness (QED) is 0.0717. The van der Waals surface area contributed by atoms with Crippen LogP contribution in [0.5, 0.6) is 0 Å². The SMILES string of the molecule is CCCCCCCCOCCOC(=O)CC(C(=O)OCC(F)(F)C(F)(F)C(F)(F)C(F)F)S(=O)(=O)[O-].[Na+]. The monoisotopic (exact) mass is 590 g/mol. The molecule has 0 spiro atoms. The van der Waals surface area contributed by atoms with Gasteiger partial charge in [0.15, 0.2) is 11.9 Å². The number of unbranched alkanes of at least 4 members (excludes halogenated alkanes) is 5. The van der Waals surface area contributed by atoms with Gasteiger partial charge in [0.25, 0.3) is 0 Å². The largest absolute Gasteiger partial charge is 1.00 e. The summed E-state index contributed by atoms with van der Waals surface area (Å²) in [5, 5.41) is -3.06. The molecule has 1 atom stereocenters. The molecule has 0 fully saturated rings. The van der Waals surface area contributed by atoms with Crippen molar-refractivity contribution in [1.82, 2.24) is 0 Å². The molecule has 0 radical (unpaired) electrons. The van der Waals surface area contributed by atoms with E-state index in [4.69, 9.17) is 4.74 Å². The predicted octanol–water partition coefficient (Wildman–Crippen LogP) is 0.929. The van der Waals surface area contributed by atoms with Gasteiger partial charge in [-0.2, -0.15) is 26.3 Å². The molecule has 0 saturated heterocycles. The van der Waals surface area contributed by atoms with E-state index in [1.165, 1.54) is 0 Å². The molecule has 0 heterocycles. The molecule has 0 aromatic heterocycles. The van der Waals surface area contributed by atoms with Crippen LogP contribution >= 0.6 is 0 Å². The topological polar surface area (TPSA) is 119 Å². The van der Waals surface area contributed by atoms with E-state index < -0.39 is 71.1 Å². The summed E-state index contributed by atoms with van der Waals surface area (Å²) in [4.78, 5) is 23.3. The van der Waals surface area contributed by atoms with Crippen LogP contribution in [-0.4, -0.2) is 80.8 Å². The van der Waals surface area contributed by atoms with E-state index in [2.05, 4.69) is 16.4 Å². The van der Waals surface area contributed by atoms with Gasteiger partial charge in [0.1, 0.15) is 16.7 Å². The summed E-state index contributed by atoms with van der Waals surface area (Å²) >= 11 is 0. The van der Waals surface area contributed by atoms with Crippen molar-refractivity contribution in [2.45, 2.75) is 81.3 Å². The van der Waals surface area contributed by atoms with Crippen molar-refractivity contribution in [2.75, 3.05) is 26.4 Å². The second-order valence-electron chi connectivity index (χ2n) is 7.60. The molecule has 0 saturated carbocycles. The molecular formula is C19H27F8NaO8S. The Hall–Kier alpha value is -0.750. The number of hydrogen-bond donors (Lipinski definition) is 0. The van der Waals surface area contributed by atoms with Crippen LogP contribution in [0.3, 0.4) is 0 Å². The van der Waals surface area contributed by atoms with Crippen molar-refractivity contribution < 1.29 is 101 Å². The number of carbonyl (C=O) groups is 2. The van der Waals surface area contributed by atoms with Gasteiger partial charge in [-0.25, -0.2) is 17.2 Å². The third-order valence-corrected chi connectivity index (χ3v) is 5.70. The van der Waals surface area contributed by atoms with Gasteiger partial charge in [-0.1, -0.05) is 39.0 Å². The van der Waals surface area contributed by atoms with Crippen molar-refractivity contribution in [3.63, 3.8) is 0 Å². The summed E-state index contributed by atoms with van der Waals surface area (Å²) in [6.45, 7) is -1.22. The zero-order valence-electron chi connectivity index (χ0n) is 20.1. The van der Waals surface area contributed by atoms with Crippen molar-refractivity contribution in [2.24, 2.45) is 0 Å². The average molecular weight is 590 g/mol. The van der Waals surface area contributed by atoms with Gasteiger partial charge in [0.05, 0.1) is 13.0 Å². The fourth-order valence-corrected chi connectivity index (χ4v) is 3.18. The summed E-state index contributed by atoms with van der Waals surface area (Å²) in [6, 6.07) is 0. The molecule has 0 rings (SSSR count). The maximum absolute atomic E-state index is 13.4. The third-order valence-electron chi connectivity index (χ3n) is 4.64. The number of alkyl halides is 8. The van der Waals surface area contributed by atoms with E-state index >= 15 is 0 Å². The maximum atomic E-state index is 13.4. The van der Waals surface area contributed by atoms with E-state index in [0.29, 0.717) is 13.0 Å². The minimum absolute atomic E-state index is 0. The second kappa shape index (κ2) is 17.0. The Bertz CT molecular complexity index is 799. The van der Waals surface area contributed by atoms with Gasteiger partial charge < -0.3 is 18.8 Å². The fourth-order valence-electron chi connectivity index (χ4n) is 2.54. The van der Waals surface area contributed by atoms with Crippen LogP contribution in [0.4, 0.5) is 35.1 Å². The Labute approximate surface area is 230 Å². The Morgan fingerprint density at radius 2 is 1.41 bits per heavy atom. The van der Waals surface area contributed by atoms with E-state index in [1.807, 2.05) is 0 Å². The van der Waals surface area contributed by atoms with Gasteiger partial charge in [-0.15, -0.1) is 0 Å². The first kappa shape index (κ1) is 38.4. The van der Waals surface area contributed by atoms with Crippen molar-refractivity contribution in [3.8, 4) is 0 Å². The zero-order valence-corrected chi connectivity index (χ0v) is 22.9. The molecule has 18 heteroatoms. The zero-order chi connectivity index (χ0) is 28.2. The van der Waals surface area contributed by atoms with E-state index in [9.17, 15) is 57.7 Å². The summed E-state index contributed by atoms with van der Waals surface area (Å²) in [6.07, 6.45) is -0.938. The van der Waals surface area contributed by atoms with Crippen LogP contribution in [0.2, 0.25) is 0 Å². The molecule has 0 aromatic rings. The van der Waals surface area contributed by atoms with Gasteiger partial charge in [-0.05, 0) is 6.42 Å². The molecular weight excluding hydrogens is 563 g/mol. The molecule has 1 unspecified atom stereocenters. The fraction of sp³-hybridized carbons (Fsp3) is 0.895. The maximum Gasteiger partial charge on any atom is 1.00 e. The molecule has 214 valence electrons. The Morgan fingerprint density at radius 3 is 1.92 bits per heavy atom. The standard InChI is InChI=1S/C19H28F8O8S.Na/c1-2-3-4-5-6-7-8-33-9-10-34-14(28)11-13(36(30,31)32)15(29)35-12-17(22,23)19(26,27)18(24,25)16(20)21;/h13,16H,2-12H2,1H3,(H,30,31,32);/q;+1/p-1. The van der Waals surface area contributed by atoms with E-state index in [-0.39, 0.29) is 36.2 Å². The Balaban J connectivity index is 0.